The molecule has 0 aliphatic rings. The van der Waals surface area contributed by atoms with E-state index in [1.54, 1.807) is 23.7 Å². The minimum Gasteiger partial charge on any atom is -0.321 e. The Morgan fingerprint density at radius 2 is 2.04 bits per heavy atom. The Hall–Kier alpha value is -3.78. The van der Waals surface area contributed by atoms with Crippen LogP contribution in [0.2, 0.25) is 0 Å². The van der Waals surface area contributed by atoms with Gasteiger partial charge >= 0.3 is 0 Å². The summed E-state index contributed by atoms with van der Waals surface area (Å²) < 4.78 is 0. The van der Waals surface area contributed by atoms with Gasteiger partial charge in [-0.15, -0.1) is 11.3 Å². The first-order valence-corrected chi connectivity index (χ1v) is 9.61. The molecule has 6 rings (SSSR count). The van der Waals surface area contributed by atoms with Gasteiger partial charge in [-0.3, -0.25) is 10.2 Å². The van der Waals surface area contributed by atoms with Crippen LogP contribution in [0.3, 0.4) is 0 Å². The fraction of sp³-hybridized carbons (Fsp3) is 0. The normalized spacial score (nSPS) is 11.6. The highest BCUT2D eigenvalue weighted by molar-refractivity contribution is 7.13. The van der Waals surface area contributed by atoms with Crippen LogP contribution in [-0.4, -0.2) is 35.3 Å². The number of hydrogen-bond acceptors (Lipinski definition) is 5. The molecule has 0 spiro atoms. The number of imidazole rings is 1. The number of thiophene rings is 1. The number of fused-ring (bicyclic) bond motifs is 2. The van der Waals surface area contributed by atoms with Crippen LogP contribution in [0, 0.1) is 0 Å². The molecule has 7 nitrogen and oxygen atoms in total. The van der Waals surface area contributed by atoms with E-state index >= 15 is 0 Å². The van der Waals surface area contributed by atoms with Crippen LogP contribution in [0.25, 0.3) is 55.2 Å². The van der Waals surface area contributed by atoms with E-state index in [9.17, 15) is 0 Å². The summed E-state index contributed by atoms with van der Waals surface area (Å²) >= 11 is 1.69. The zero-order valence-electron chi connectivity index (χ0n) is 14.5. The summed E-state index contributed by atoms with van der Waals surface area (Å²) in [6, 6.07) is 12.3. The maximum absolute atomic E-state index is 4.84. The quantitative estimate of drug-likeness (QED) is 0.415. The number of benzene rings is 1. The fourth-order valence-corrected chi connectivity index (χ4v) is 4.19. The van der Waals surface area contributed by atoms with Gasteiger partial charge in [-0.05, 0) is 35.2 Å². The SMILES string of the molecule is c1csc(-c2ccnc3[nH]c(-c4n[nH]c5ccc(-c6cn[nH]c6)cc45)nc23)c1. The predicted molar refractivity (Wildman–Crippen MR) is 110 cm³/mol. The molecule has 0 amide bonds. The molecule has 0 saturated carbocycles. The second kappa shape index (κ2) is 5.86. The lowest BCUT2D eigenvalue weighted by atomic mass is 10.1. The molecule has 1 aromatic carbocycles. The zero-order chi connectivity index (χ0) is 18.5. The lowest BCUT2D eigenvalue weighted by Gasteiger charge is -1.98. The van der Waals surface area contributed by atoms with Crippen molar-refractivity contribution in [3.63, 3.8) is 0 Å². The van der Waals surface area contributed by atoms with Gasteiger partial charge in [0.05, 0.1) is 11.7 Å². The van der Waals surface area contributed by atoms with Crippen LogP contribution in [-0.2, 0) is 0 Å². The van der Waals surface area contributed by atoms with Gasteiger partial charge < -0.3 is 4.98 Å². The third-order valence-corrected chi connectivity index (χ3v) is 5.69. The Morgan fingerprint density at radius 1 is 1.04 bits per heavy atom. The molecular weight excluding hydrogens is 370 g/mol. The minimum atomic E-state index is 0.696. The average molecular weight is 383 g/mol. The zero-order valence-corrected chi connectivity index (χ0v) is 15.3. The molecule has 134 valence electrons. The van der Waals surface area contributed by atoms with E-state index in [2.05, 4.69) is 47.9 Å². The van der Waals surface area contributed by atoms with Gasteiger partial charge in [0, 0.05) is 33.8 Å². The largest absolute Gasteiger partial charge is 0.321 e. The molecule has 6 aromatic rings. The maximum atomic E-state index is 4.84. The third-order valence-electron chi connectivity index (χ3n) is 4.79. The lowest BCUT2D eigenvalue weighted by Crippen LogP contribution is -1.82. The van der Waals surface area contributed by atoms with E-state index < -0.39 is 0 Å². The van der Waals surface area contributed by atoms with Crippen LogP contribution >= 0.6 is 11.3 Å². The van der Waals surface area contributed by atoms with E-state index in [1.807, 2.05) is 30.5 Å². The number of pyridine rings is 1. The minimum absolute atomic E-state index is 0.696. The van der Waals surface area contributed by atoms with E-state index in [4.69, 9.17) is 4.98 Å². The molecular formula is C20H13N7S. The molecule has 0 bridgehead atoms. The summed E-state index contributed by atoms with van der Waals surface area (Å²) in [7, 11) is 0. The number of aromatic nitrogens is 7. The highest BCUT2D eigenvalue weighted by Gasteiger charge is 2.16. The topological polar surface area (TPSA) is 98.9 Å². The molecule has 3 N–H and O–H groups in total. The van der Waals surface area contributed by atoms with Crippen molar-refractivity contribution in [1.82, 2.24) is 35.3 Å². The first-order valence-electron chi connectivity index (χ1n) is 8.73. The molecule has 0 unspecified atom stereocenters. The first-order chi connectivity index (χ1) is 13.9. The van der Waals surface area contributed by atoms with Gasteiger partial charge in [-0.25, -0.2) is 9.97 Å². The van der Waals surface area contributed by atoms with Crippen LogP contribution in [0.4, 0.5) is 0 Å². The summed E-state index contributed by atoms with van der Waals surface area (Å²) in [5.74, 6) is 0.696. The van der Waals surface area contributed by atoms with Gasteiger partial charge in [0.2, 0.25) is 0 Å². The Balaban J connectivity index is 1.55. The molecule has 0 saturated heterocycles. The van der Waals surface area contributed by atoms with Crippen molar-refractivity contribution in [1.29, 1.82) is 0 Å². The molecule has 0 aliphatic heterocycles. The summed E-state index contributed by atoms with van der Waals surface area (Å²) in [5.41, 5.74) is 6.49. The van der Waals surface area contributed by atoms with Crippen LogP contribution in [0.15, 0.2) is 60.4 Å². The van der Waals surface area contributed by atoms with Crippen molar-refractivity contribution in [2.75, 3.05) is 0 Å². The summed E-state index contributed by atoms with van der Waals surface area (Å²) in [4.78, 5) is 13.8. The van der Waals surface area contributed by atoms with Crippen molar-refractivity contribution in [3.8, 4) is 33.1 Å². The molecule has 0 aliphatic carbocycles. The lowest BCUT2D eigenvalue weighted by molar-refractivity contribution is 1.09. The molecule has 0 radical (unpaired) electrons. The fourth-order valence-electron chi connectivity index (χ4n) is 3.44. The van der Waals surface area contributed by atoms with Crippen LogP contribution in [0.1, 0.15) is 0 Å². The molecule has 28 heavy (non-hydrogen) atoms. The molecule has 0 fully saturated rings. The monoisotopic (exact) mass is 383 g/mol. The van der Waals surface area contributed by atoms with Crippen molar-refractivity contribution in [3.05, 3.63) is 60.4 Å². The maximum Gasteiger partial charge on any atom is 0.160 e. The summed E-state index contributed by atoms with van der Waals surface area (Å²) in [6.45, 7) is 0. The molecule has 5 aromatic heterocycles. The van der Waals surface area contributed by atoms with Gasteiger partial charge in [0.15, 0.2) is 11.5 Å². The van der Waals surface area contributed by atoms with E-state index in [0.717, 1.165) is 44.5 Å². The van der Waals surface area contributed by atoms with Crippen LogP contribution < -0.4 is 0 Å². The number of rotatable bonds is 3. The number of hydrogen-bond donors (Lipinski definition) is 3. The van der Waals surface area contributed by atoms with Gasteiger partial charge in [0.1, 0.15) is 11.2 Å². The van der Waals surface area contributed by atoms with E-state index in [-0.39, 0.29) is 0 Å². The second-order valence-corrected chi connectivity index (χ2v) is 7.39. The first kappa shape index (κ1) is 15.3. The highest BCUT2D eigenvalue weighted by atomic mass is 32.1. The Kier molecular flexibility index (Phi) is 3.20. The second-order valence-electron chi connectivity index (χ2n) is 6.44. The van der Waals surface area contributed by atoms with Crippen LogP contribution in [0.5, 0.6) is 0 Å². The number of H-pyrrole nitrogens is 3. The van der Waals surface area contributed by atoms with E-state index in [0.29, 0.717) is 5.82 Å². The van der Waals surface area contributed by atoms with Crippen molar-refractivity contribution in [2.24, 2.45) is 0 Å². The number of nitrogens with one attached hydrogen (secondary N) is 3. The van der Waals surface area contributed by atoms with Crippen molar-refractivity contribution in [2.45, 2.75) is 0 Å². The third kappa shape index (κ3) is 2.28. The van der Waals surface area contributed by atoms with Crippen molar-refractivity contribution < 1.29 is 0 Å². The highest BCUT2D eigenvalue weighted by Crippen LogP contribution is 2.33. The van der Waals surface area contributed by atoms with Gasteiger partial charge in [0.25, 0.3) is 0 Å². The average Bonchev–Trinajstić information content (AvgIpc) is 3.53. The Bertz CT molecular complexity index is 1410. The summed E-state index contributed by atoms with van der Waals surface area (Å²) in [5, 5.41) is 17.6. The smallest absolute Gasteiger partial charge is 0.160 e. The van der Waals surface area contributed by atoms with Crippen molar-refractivity contribution >= 4 is 33.4 Å². The molecule has 5 heterocycles. The number of aromatic amines is 3. The number of nitrogens with zero attached hydrogens (tertiary/aromatic N) is 4. The Labute approximate surface area is 162 Å². The van der Waals surface area contributed by atoms with Gasteiger partial charge in [-0.1, -0.05) is 12.1 Å². The Morgan fingerprint density at radius 3 is 2.89 bits per heavy atom. The molecule has 0 atom stereocenters. The van der Waals surface area contributed by atoms with Gasteiger partial charge in [-0.2, -0.15) is 10.2 Å². The van der Waals surface area contributed by atoms with E-state index in [1.165, 1.54) is 4.88 Å². The molecule has 8 heteroatoms. The summed E-state index contributed by atoms with van der Waals surface area (Å²) in [6.07, 6.45) is 5.48. The predicted octanol–water partition coefficient (Wildman–Crippen LogP) is 4.62. The standard InChI is InChI=1S/C20H13N7S/c1-2-16(28-7-1)13-5-6-21-19-17(13)24-20(25-19)18-14-8-11(12-9-22-23-10-12)3-4-15(14)26-27-18/h1-10H,(H,22,23)(H,26,27)(H,21,24,25).